The fourth-order valence-corrected chi connectivity index (χ4v) is 3.79. The minimum absolute atomic E-state index is 0. The molecule has 1 amide bonds. The third-order valence-electron chi connectivity index (χ3n) is 5.12. The largest absolute Gasteiger partial charge is 0.461 e. The van der Waals surface area contributed by atoms with Gasteiger partial charge in [0.1, 0.15) is 5.69 Å². The highest BCUT2D eigenvalue weighted by molar-refractivity contribution is 5.99. The van der Waals surface area contributed by atoms with E-state index in [1.54, 1.807) is 13.0 Å². The molecule has 2 atom stereocenters. The first-order valence-electron chi connectivity index (χ1n) is 9.55. The van der Waals surface area contributed by atoms with E-state index in [0.29, 0.717) is 18.0 Å². The smallest absolute Gasteiger partial charge is 0.354 e. The second kappa shape index (κ2) is 9.11. The number of rotatable bonds is 5. The molecule has 7 heteroatoms. The van der Waals surface area contributed by atoms with Gasteiger partial charge in [-0.3, -0.25) is 4.79 Å². The van der Waals surface area contributed by atoms with Crippen LogP contribution in [0.25, 0.3) is 10.9 Å². The first-order valence-corrected chi connectivity index (χ1v) is 9.55. The first kappa shape index (κ1) is 20.9. The maximum absolute atomic E-state index is 12.9. The highest BCUT2D eigenvalue weighted by Gasteiger charge is 2.33. The fourth-order valence-electron chi connectivity index (χ4n) is 3.79. The normalized spacial score (nSPS) is 18.2. The molecule has 4 rings (SSSR count). The fraction of sp³-hybridized carbons (Fsp3) is 0.273. The number of benzene rings is 2. The van der Waals surface area contributed by atoms with Gasteiger partial charge in [-0.05, 0) is 49.7 Å². The van der Waals surface area contributed by atoms with E-state index in [1.165, 1.54) is 5.56 Å². The number of halogens is 1. The Hall–Kier alpha value is -2.83. The summed E-state index contributed by atoms with van der Waals surface area (Å²) in [7, 11) is 0. The van der Waals surface area contributed by atoms with E-state index in [2.05, 4.69) is 27.8 Å². The van der Waals surface area contributed by atoms with Gasteiger partial charge in [0.05, 0.1) is 12.6 Å². The van der Waals surface area contributed by atoms with E-state index < -0.39 is 0 Å². The molecule has 29 heavy (non-hydrogen) atoms. The Balaban J connectivity index is 0.00000240. The van der Waals surface area contributed by atoms with Gasteiger partial charge in [0.15, 0.2) is 0 Å². The van der Waals surface area contributed by atoms with Crippen molar-refractivity contribution in [2.45, 2.75) is 25.3 Å². The number of anilines is 1. The summed E-state index contributed by atoms with van der Waals surface area (Å²) in [5, 5.41) is 7.17. The third-order valence-corrected chi connectivity index (χ3v) is 5.12. The van der Waals surface area contributed by atoms with Crippen LogP contribution in [-0.4, -0.2) is 36.1 Å². The number of hydrogen-bond donors (Lipinski definition) is 3. The summed E-state index contributed by atoms with van der Waals surface area (Å²) in [6, 6.07) is 17.1. The zero-order valence-corrected chi connectivity index (χ0v) is 16.9. The highest BCUT2D eigenvalue weighted by atomic mass is 35.5. The molecule has 1 aromatic heterocycles. The number of carbonyl (C=O) groups excluding carboxylic acids is 2. The number of carbonyl (C=O) groups is 2. The second-order valence-corrected chi connectivity index (χ2v) is 6.93. The number of esters is 1. The van der Waals surface area contributed by atoms with Crippen LogP contribution in [0.5, 0.6) is 0 Å². The maximum atomic E-state index is 12.9. The Labute approximate surface area is 175 Å². The Bertz CT molecular complexity index is 1000. The summed E-state index contributed by atoms with van der Waals surface area (Å²) in [6.07, 6.45) is 0.932. The molecule has 152 valence electrons. The summed E-state index contributed by atoms with van der Waals surface area (Å²) in [4.78, 5) is 27.8. The molecular weight excluding hydrogens is 390 g/mol. The van der Waals surface area contributed by atoms with Gasteiger partial charge in [0.2, 0.25) is 5.91 Å². The second-order valence-electron chi connectivity index (χ2n) is 6.93. The zero-order valence-electron chi connectivity index (χ0n) is 16.1. The number of H-pyrrole nitrogens is 1. The minimum atomic E-state index is -0.384. The Morgan fingerprint density at radius 2 is 1.93 bits per heavy atom. The number of aromatic nitrogens is 1. The van der Waals surface area contributed by atoms with Crippen molar-refractivity contribution in [2.24, 2.45) is 0 Å². The van der Waals surface area contributed by atoms with Crippen molar-refractivity contribution in [3.8, 4) is 0 Å². The zero-order chi connectivity index (χ0) is 19.5. The van der Waals surface area contributed by atoms with Gasteiger partial charge in [-0.1, -0.05) is 30.3 Å². The number of nitrogens with one attached hydrogen (secondary N) is 3. The van der Waals surface area contributed by atoms with Gasteiger partial charge in [0.25, 0.3) is 0 Å². The highest BCUT2D eigenvalue weighted by Crippen LogP contribution is 2.29. The standard InChI is InChI=1S/C22H23N3O3.ClH/c1-2-28-22(27)19-13-15-12-16(8-9-18(15)25-19)24-21(26)20-17(10-11-23-20)14-6-4-3-5-7-14;/h3-9,12-13,17,20,23,25H,2,10-11H2,1H3,(H,24,26);1H/t17-,20+;/m1./s1. The van der Waals surface area contributed by atoms with Crippen molar-refractivity contribution in [3.05, 3.63) is 65.9 Å². The summed E-state index contributed by atoms with van der Waals surface area (Å²) in [5.74, 6) is -0.274. The lowest BCUT2D eigenvalue weighted by Crippen LogP contribution is -2.39. The Morgan fingerprint density at radius 1 is 1.14 bits per heavy atom. The Kier molecular flexibility index (Phi) is 6.56. The van der Waals surface area contributed by atoms with Crippen molar-refractivity contribution in [1.82, 2.24) is 10.3 Å². The van der Waals surface area contributed by atoms with Crippen LogP contribution in [0.2, 0.25) is 0 Å². The van der Waals surface area contributed by atoms with Crippen LogP contribution in [0.4, 0.5) is 5.69 Å². The first-order chi connectivity index (χ1) is 13.7. The quantitative estimate of drug-likeness (QED) is 0.555. The lowest BCUT2D eigenvalue weighted by molar-refractivity contribution is -0.118. The summed E-state index contributed by atoms with van der Waals surface area (Å²) in [6.45, 7) is 2.91. The predicted molar refractivity (Wildman–Crippen MR) is 116 cm³/mol. The van der Waals surface area contributed by atoms with Gasteiger partial charge in [-0.25, -0.2) is 4.79 Å². The summed E-state index contributed by atoms with van der Waals surface area (Å²) in [5.41, 5.74) is 3.10. The van der Waals surface area contributed by atoms with Crippen LogP contribution < -0.4 is 10.6 Å². The van der Waals surface area contributed by atoms with Crippen LogP contribution in [0.1, 0.15) is 35.3 Å². The van der Waals surface area contributed by atoms with Crippen LogP contribution >= 0.6 is 12.4 Å². The number of ether oxygens (including phenoxy) is 1. The average molecular weight is 414 g/mol. The van der Waals surface area contributed by atoms with Crippen molar-refractivity contribution < 1.29 is 14.3 Å². The molecule has 1 fully saturated rings. The van der Waals surface area contributed by atoms with Crippen LogP contribution in [0.15, 0.2) is 54.6 Å². The molecule has 0 bridgehead atoms. The van der Waals surface area contributed by atoms with Crippen molar-refractivity contribution in [1.29, 1.82) is 0 Å². The number of hydrogen-bond acceptors (Lipinski definition) is 4. The molecular formula is C22H24ClN3O3. The van der Waals surface area contributed by atoms with E-state index in [9.17, 15) is 9.59 Å². The molecule has 6 nitrogen and oxygen atoms in total. The molecule has 2 heterocycles. The van der Waals surface area contributed by atoms with Crippen LogP contribution in [0, 0.1) is 0 Å². The lowest BCUT2D eigenvalue weighted by Gasteiger charge is -2.19. The van der Waals surface area contributed by atoms with Crippen molar-refractivity contribution in [2.75, 3.05) is 18.5 Å². The molecule has 0 aliphatic carbocycles. The third kappa shape index (κ3) is 4.44. The van der Waals surface area contributed by atoms with E-state index in [0.717, 1.165) is 23.9 Å². The summed E-state index contributed by atoms with van der Waals surface area (Å²) < 4.78 is 5.03. The molecule has 0 unspecified atom stereocenters. The average Bonchev–Trinajstić information content (AvgIpc) is 3.36. The molecule has 3 N–H and O–H groups in total. The van der Waals surface area contributed by atoms with Gasteiger partial charge in [-0.2, -0.15) is 0 Å². The van der Waals surface area contributed by atoms with Crippen LogP contribution in [-0.2, 0) is 9.53 Å². The van der Waals surface area contributed by atoms with Gasteiger partial charge < -0.3 is 20.4 Å². The molecule has 2 aromatic carbocycles. The van der Waals surface area contributed by atoms with Crippen molar-refractivity contribution in [3.63, 3.8) is 0 Å². The number of aromatic amines is 1. The lowest BCUT2D eigenvalue weighted by atomic mass is 9.91. The molecule has 0 saturated carbocycles. The predicted octanol–water partition coefficient (Wildman–Crippen LogP) is 3.85. The van der Waals surface area contributed by atoms with E-state index in [1.807, 2.05) is 36.4 Å². The number of fused-ring (bicyclic) bond motifs is 1. The van der Waals surface area contributed by atoms with E-state index in [4.69, 9.17) is 4.74 Å². The van der Waals surface area contributed by atoms with Gasteiger partial charge in [-0.15, -0.1) is 12.4 Å². The van der Waals surface area contributed by atoms with Gasteiger partial charge >= 0.3 is 5.97 Å². The molecule has 1 saturated heterocycles. The molecule has 0 spiro atoms. The Morgan fingerprint density at radius 3 is 2.69 bits per heavy atom. The van der Waals surface area contributed by atoms with Gasteiger partial charge in [0, 0.05) is 22.5 Å². The topological polar surface area (TPSA) is 83.2 Å². The number of amides is 1. The van der Waals surface area contributed by atoms with Crippen molar-refractivity contribution >= 4 is 40.9 Å². The molecule has 0 radical (unpaired) electrons. The molecule has 1 aliphatic rings. The minimum Gasteiger partial charge on any atom is -0.461 e. The van der Waals surface area contributed by atoms with Crippen LogP contribution in [0.3, 0.4) is 0 Å². The summed E-state index contributed by atoms with van der Waals surface area (Å²) >= 11 is 0. The SMILES string of the molecule is CCOC(=O)c1cc2cc(NC(=O)[C@H]3NCC[C@@H]3c3ccccc3)ccc2[nH]1.Cl. The monoisotopic (exact) mass is 413 g/mol. The maximum Gasteiger partial charge on any atom is 0.354 e. The molecule has 3 aromatic rings. The van der Waals surface area contributed by atoms with E-state index >= 15 is 0 Å². The molecule has 1 aliphatic heterocycles. The van der Waals surface area contributed by atoms with E-state index in [-0.39, 0.29) is 36.2 Å².